The fourth-order valence-corrected chi connectivity index (χ4v) is 7.45. The van der Waals surface area contributed by atoms with Crippen LogP contribution in [0.15, 0.2) is 5.10 Å². The number of methoxy groups -OCH3 is 6. The molecule has 4 rings (SSSR count). The molecule has 1 amide bonds. The number of amides is 1. The predicted molar refractivity (Wildman–Crippen MR) is 139 cm³/mol. The summed E-state index contributed by atoms with van der Waals surface area (Å²) in [6, 6.07) is 0.0241. The molecule has 1 aliphatic heterocycles. The van der Waals surface area contributed by atoms with Crippen molar-refractivity contribution in [2.24, 2.45) is 22.9 Å². The van der Waals surface area contributed by atoms with Crippen LogP contribution in [-0.2, 0) is 33.2 Å². The van der Waals surface area contributed by atoms with E-state index >= 15 is 0 Å². The summed E-state index contributed by atoms with van der Waals surface area (Å²) in [6.45, 7) is 0. The minimum Gasteiger partial charge on any atom is -0.381 e. The Kier molecular flexibility index (Phi) is 10.4. The summed E-state index contributed by atoms with van der Waals surface area (Å²) >= 11 is 0. The highest BCUT2D eigenvalue weighted by molar-refractivity contribution is 5.92. The normalized spacial score (nSPS) is 41.0. The number of carbonyl (C=O) groups is 1. The van der Waals surface area contributed by atoms with Crippen LogP contribution in [-0.4, -0.2) is 102 Å². The molecule has 8 atom stereocenters. The summed E-state index contributed by atoms with van der Waals surface area (Å²) in [5.41, 5.74) is 1.13. The van der Waals surface area contributed by atoms with Gasteiger partial charge in [-0.1, -0.05) is 12.8 Å². The molecule has 37 heavy (non-hydrogen) atoms. The maximum Gasteiger partial charge on any atom is 0.246 e. The van der Waals surface area contributed by atoms with Crippen molar-refractivity contribution in [1.82, 2.24) is 5.01 Å². The summed E-state index contributed by atoms with van der Waals surface area (Å²) in [5.74, 6) is 0.425. The van der Waals surface area contributed by atoms with Gasteiger partial charge in [-0.15, -0.1) is 0 Å². The molecule has 3 fully saturated rings. The van der Waals surface area contributed by atoms with Gasteiger partial charge in [0.1, 0.15) is 6.10 Å². The quantitative estimate of drug-likeness (QED) is 0.457. The fraction of sp³-hybridized carbons (Fsp3) is 0.929. The van der Waals surface area contributed by atoms with Crippen molar-refractivity contribution in [2.45, 2.75) is 107 Å². The van der Waals surface area contributed by atoms with Gasteiger partial charge in [0.05, 0.1) is 36.6 Å². The molecule has 0 aromatic carbocycles. The van der Waals surface area contributed by atoms with E-state index in [-0.39, 0.29) is 60.4 Å². The number of carbonyl (C=O) groups excluding carboxylic acids is 1. The number of hydrogen-bond donors (Lipinski definition) is 0. The van der Waals surface area contributed by atoms with E-state index in [1.165, 1.54) is 12.8 Å². The highest BCUT2D eigenvalue weighted by Crippen LogP contribution is 2.41. The Balaban J connectivity index is 1.58. The molecule has 0 radical (unpaired) electrons. The first-order chi connectivity index (χ1) is 18.0. The first-order valence-electron chi connectivity index (χ1n) is 14.1. The number of hydrazone groups is 1. The summed E-state index contributed by atoms with van der Waals surface area (Å²) in [7, 11) is 10.4. The van der Waals surface area contributed by atoms with E-state index < -0.39 is 0 Å². The van der Waals surface area contributed by atoms with Crippen LogP contribution in [0.3, 0.4) is 0 Å². The zero-order valence-corrected chi connectivity index (χ0v) is 23.6. The molecule has 3 aliphatic carbocycles. The van der Waals surface area contributed by atoms with Gasteiger partial charge < -0.3 is 28.4 Å². The van der Waals surface area contributed by atoms with Gasteiger partial charge in [-0.25, -0.2) is 5.01 Å². The Bertz CT molecular complexity index is 766. The first-order valence-corrected chi connectivity index (χ1v) is 14.1. The van der Waals surface area contributed by atoms with Gasteiger partial charge in [0, 0.05) is 72.5 Å². The van der Waals surface area contributed by atoms with Gasteiger partial charge >= 0.3 is 0 Å². The van der Waals surface area contributed by atoms with E-state index in [1.807, 2.05) is 5.01 Å². The molecule has 0 aromatic rings. The molecule has 212 valence electrons. The lowest BCUT2D eigenvalue weighted by Crippen LogP contribution is -2.52. The van der Waals surface area contributed by atoms with Crippen molar-refractivity contribution in [2.75, 3.05) is 42.7 Å². The van der Waals surface area contributed by atoms with Gasteiger partial charge in [-0.2, -0.15) is 5.10 Å². The van der Waals surface area contributed by atoms with Crippen LogP contribution in [0.25, 0.3) is 0 Å². The monoisotopic (exact) mass is 524 g/mol. The molecule has 3 saturated carbocycles. The van der Waals surface area contributed by atoms with E-state index in [0.29, 0.717) is 18.8 Å². The number of nitrogens with zero attached hydrogens (tertiary/aromatic N) is 2. The zero-order chi connectivity index (χ0) is 26.5. The molecule has 4 aliphatic rings. The van der Waals surface area contributed by atoms with Crippen molar-refractivity contribution in [3.05, 3.63) is 0 Å². The maximum atomic E-state index is 14.2. The second-order valence-corrected chi connectivity index (χ2v) is 11.2. The Labute approximate surface area is 222 Å². The largest absolute Gasteiger partial charge is 0.381 e. The molecule has 8 unspecified atom stereocenters. The van der Waals surface area contributed by atoms with Crippen LogP contribution >= 0.6 is 0 Å². The van der Waals surface area contributed by atoms with E-state index in [1.54, 1.807) is 42.7 Å². The molecular formula is C28H48N2O7. The first kappa shape index (κ1) is 28.9. The van der Waals surface area contributed by atoms with E-state index in [0.717, 1.165) is 44.2 Å². The van der Waals surface area contributed by atoms with Gasteiger partial charge in [0.15, 0.2) is 0 Å². The van der Waals surface area contributed by atoms with Crippen molar-refractivity contribution in [3.63, 3.8) is 0 Å². The summed E-state index contributed by atoms with van der Waals surface area (Å²) < 4.78 is 34.6. The lowest BCUT2D eigenvalue weighted by Gasteiger charge is -2.42. The summed E-state index contributed by atoms with van der Waals surface area (Å²) in [4.78, 5) is 14.2. The average Bonchev–Trinajstić information content (AvgIpc) is 3.40. The third kappa shape index (κ3) is 6.07. The van der Waals surface area contributed by atoms with Crippen LogP contribution < -0.4 is 0 Å². The van der Waals surface area contributed by atoms with Crippen molar-refractivity contribution in [3.8, 4) is 0 Å². The molecule has 9 nitrogen and oxygen atoms in total. The second kappa shape index (κ2) is 13.3. The lowest BCUT2D eigenvalue weighted by molar-refractivity contribution is -0.161. The SMILES string of the molecule is COC1CCC(C2=NN(C(=O)C3CC(OC)C(OC)C(OC)C3)C(C3CCCCC3OC)C2)CC1OC. The zero-order valence-electron chi connectivity index (χ0n) is 23.6. The molecule has 0 saturated heterocycles. The molecule has 0 N–H and O–H groups in total. The van der Waals surface area contributed by atoms with Crippen LogP contribution in [0, 0.1) is 17.8 Å². The highest BCUT2D eigenvalue weighted by Gasteiger charge is 2.48. The smallest absolute Gasteiger partial charge is 0.246 e. The fourth-order valence-electron chi connectivity index (χ4n) is 7.45. The molecule has 1 heterocycles. The summed E-state index contributed by atoms with van der Waals surface area (Å²) in [6.07, 6.45) is 8.99. The predicted octanol–water partition coefficient (Wildman–Crippen LogP) is 3.43. The van der Waals surface area contributed by atoms with Gasteiger partial charge in [0.2, 0.25) is 5.91 Å². The van der Waals surface area contributed by atoms with Gasteiger partial charge in [-0.05, 0) is 44.9 Å². The highest BCUT2D eigenvalue weighted by atomic mass is 16.6. The van der Waals surface area contributed by atoms with E-state index in [9.17, 15) is 4.79 Å². The minimum absolute atomic E-state index is 0.0241. The van der Waals surface area contributed by atoms with Crippen LogP contribution in [0.5, 0.6) is 0 Å². The molecule has 0 aromatic heterocycles. The number of ether oxygens (including phenoxy) is 6. The minimum atomic E-state index is -0.229. The van der Waals surface area contributed by atoms with Gasteiger partial charge in [0.25, 0.3) is 0 Å². The average molecular weight is 525 g/mol. The van der Waals surface area contributed by atoms with Crippen LogP contribution in [0.4, 0.5) is 0 Å². The maximum absolute atomic E-state index is 14.2. The van der Waals surface area contributed by atoms with Crippen molar-refractivity contribution < 1.29 is 33.2 Å². The number of rotatable bonds is 9. The Hall–Kier alpha value is -1.10. The Morgan fingerprint density at radius 1 is 0.703 bits per heavy atom. The molecule has 9 heteroatoms. The van der Waals surface area contributed by atoms with Gasteiger partial charge in [-0.3, -0.25) is 4.79 Å². The molecular weight excluding hydrogens is 476 g/mol. The topological polar surface area (TPSA) is 88.1 Å². The van der Waals surface area contributed by atoms with E-state index in [2.05, 4.69) is 0 Å². The molecule has 0 spiro atoms. The molecule has 0 bridgehead atoms. The second-order valence-electron chi connectivity index (χ2n) is 11.2. The standard InChI is InChI=1S/C28H48N2O7/c1-32-22-10-8-7-9-19(22)21-16-20(17-11-12-23(33-2)24(13-17)34-3)29-30(21)28(31)18-14-25(35-4)27(37-6)26(15-18)36-5/h17-19,21-27H,7-16H2,1-6H3. The Morgan fingerprint density at radius 3 is 1.92 bits per heavy atom. The third-order valence-electron chi connectivity index (χ3n) is 9.55. The van der Waals surface area contributed by atoms with Crippen LogP contribution in [0.2, 0.25) is 0 Å². The lowest BCUT2D eigenvalue weighted by atomic mass is 9.76. The third-order valence-corrected chi connectivity index (χ3v) is 9.55. The Morgan fingerprint density at radius 2 is 1.32 bits per heavy atom. The van der Waals surface area contributed by atoms with Crippen molar-refractivity contribution in [1.29, 1.82) is 0 Å². The number of hydrogen-bond acceptors (Lipinski definition) is 8. The van der Waals surface area contributed by atoms with Crippen LogP contribution in [0.1, 0.15) is 64.2 Å². The van der Waals surface area contributed by atoms with Crippen molar-refractivity contribution >= 4 is 11.6 Å². The van der Waals surface area contributed by atoms with E-state index in [4.69, 9.17) is 33.5 Å². The summed E-state index contributed by atoms with van der Waals surface area (Å²) in [5, 5.41) is 6.95.